The first kappa shape index (κ1) is 18.1. The molecule has 0 spiro atoms. The number of nitrogens with one attached hydrogen (secondary N) is 2. The zero-order valence-corrected chi connectivity index (χ0v) is 15.8. The molecule has 1 aromatic heterocycles. The second kappa shape index (κ2) is 8.63. The maximum absolute atomic E-state index is 5.40. The summed E-state index contributed by atoms with van der Waals surface area (Å²) in [5, 5.41) is 6.69. The Balaban J connectivity index is 1.61. The number of aliphatic imine (C=N–C) groups is 1. The molecule has 5 heteroatoms. The average Bonchev–Trinajstić information content (AvgIpc) is 3.15. The lowest BCUT2D eigenvalue weighted by atomic mass is 10.2. The number of benzene rings is 1. The minimum atomic E-state index is 0.0238. The molecule has 26 heavy (non-hydrogen) atoms. The van der Waals surface area contributed by atoms with Crippen LogP contribution < -0.4 is 10.6 Å². The van der Waals surface area contributed by atoms with Gasteiger partial charge in [0.2, 0.25) is 0 Å². The summed E-state index contributed by atoms with van der Waals surface area (Å²) in [5.41, 5.74) is 2.87. The van der Waals surface area contributed by atoms with Gasteiger partial charge >= 0.3 is 0 Å². The van der Waals surface area contributed by atoms with Gasteiger partial charge in [-0.1, -0.05) is 24.8 Å². The Morgan fingerprint density at radius 3 is 2.85 bits per heavy atom. The third kappa shape index (κ3) is 5.17. The number of hydrogen-bond acceptors (Lipinski definition) is 5. The third-order valence-corrected chi connectivity index (χ3v) is 4.87. The Bertz CT molecular complexity index is 835. The van der Waals surface area contributed by atoms with Crippen LogP contribution in [0.5, 0.6) is 0 Å². The standard InChI is InChI=1S/C21H23N3OS/c1-15(19-10-7-11-25-19)12-16(2)22-20-13-17(3)23-21(24-20)14-26-18-8-5-4-6-9-18/h4-13,21,23H,2,14H2,1,3H3,(H,22,24)/b15-12+. The van der Waals surface area contributed by atoms with Gasteiger partial charge < -0.3 is 15.1 Å². The van der Waals surface area contributed by atoms with E-state index in [1.807, 2.05) is 44.2 Å². The fourth-order valence-corrected chi connectivity index (χ4v) is 3.48. The van der Waals surface area contributed by atoms with Crippen LogP contribution in [0.2, 0.25) is 0 Å². The molecule has 1 aliphatic rings. The molecule has 0 amide bonds. The number of thioether (sulfide) groups is 1. The lowest BCUT2D eigenvalue weighted by Gasteiger charge is -2.22. The summed E-state index contributed by atoms with van der Waals surface area (Å²) in [5.74, 6) is 2.51. The van der Waals surface area contributed by atoms with Crippen molar-refractivity contribution in [1.29, 1.82) is 0 Å². The zero-order valence-electron chi connectivity index (χ0n) is 15.0. The predicted molar refractivity (Wildman–Crippen MR) is 110 cm³/mol. The predicted octanol–water partition coefficient (Wildman–Crippen LogP) is 4.81. The molecular weight excluding hydrogens is 342 g/mol. The number of allylic oxidation sites excluding steroid dienone is 3. The van der Waals surface area contributed by atoms with Crippen LogP contribution in [0.25, 0.3) is 5.57 Å². The molecule has 134 valence electrons. The van der Waals surface area contributed by atoms with E-state index in [0.29, 0.717) is 0 Å². The second-order valence-electron chi connectivity index (χ2n) is 6.08. The van der Waals surface area contributed by atoms with Crippen LogP contribution in [0.4, 0.5) is 0 Å². The topological polar surface area (TPSA) is 49.6 Å². The molecule has 0 fully saturated rings. The lowest BCUT2D eigenvalue weighted by Crippen LogP contribution is -2.36. The SMILES string of the molecule is C=C(/C=C(\C)c1ccco1)NC1=NC(CSc2ccccc2)NC(C)=C1. The molecule has 0 bridgehead atoms. The molecule has 2 aromatic rings. The van der Waals surface area contributed by atoms with Crippen LogP contribution in [0.15, 0.2) is 93.2 Å². The minimum Gasteiger partial charge on any atom is -0.465 e. The highest BCUT2D eigenvalue weighted by Crippen LogP contribution is 2.20. The molecule has 2 N–H and O–H groups in total. The van der Waals surface area contributed by atoms with Crippen LogP contribution in [-0.4, -0.2) is 17.8 Å². The van der Waals surface area contributed by atoms with Crippen molar-refractivity contribution in [2.45, 2.75) is 24.9 Å². The van der Waals surface area contributed by atoms with Gasteiger partial charge in [-0.2, -0.15) is 0 Å². The van der Waals surface area contributed by atoms with Gasteiger partial charge in [0, 0.05) is 22.0 Å². The van der Waals surface area contributed by atoms with E-state index in [9.17, 15) is 0 Å². The maximum atomic E-state index is 5.40. The smallest absolute Gasteiger partial charge is 0.130 e. The maximum Gasteiger partial charge on any atom is 0.130 e. The Morgan fingerprint density at radius 2 is 2.12 bits per heavy atom. The van der Waals surface area contributed by atoms with Crippen molar-refractivity contribution in [2.75, 3.05) is 5.75 Å². The zero-order chi connectivity index (χ0) is 18.4. The van der Waals surface area contributed by atoms with E-state index in [2.05, 4.69) is 41.5 Å². The van der Waals surface area contributed by atoms with Gasteiger partial charge in [-0.15, -0.1) is 11.8 Å². The average molecular weight is 366 g/mol. The van der Waals surface area contributed by atoms with Gasteiger partial charge in [-0.3, -0.25) is 0 Å². The van der Waals surface area contributed by atoms with Crippen molar-refractivity contribution in [1.82, 2.24) is 10.6 Å². The number of nitrogens with zero attached hydrogens (tertiary/aromatic N) is 1. The highest BCUT2D eigenvalue weighted by molar-refractivity contribution is 7.99. The first-order valence-corrected chi connectivity index (χ1v) is 9.47. The van der Waals surface area contributed by atoms with Crippen molar-refractivity contribution in [2.24, 2.45) is 4.99 Å². The van der Waals surface area contributed by atoms with Crippen molar-refractivity contribution >= 4 is 23.2 Å². The quantitative estimate of drug-likeness (QED) is 0.570. The Hall–Kier alpha value is -2.66. The first-order valence-electron chi connectivity index (χ1n) is 8.49. The summed E-state index contributed by atoms with van der Waals surface area (Å²) >= 11 is 1.79. The van der Waals surface area contributed by atoms with Gasteiger partial charge in [0.1, 0.15) is 17.8 Å². The van der Waals surface area contributed by atoms with Crippen LogP contribution in [-0.2, 0) is 0 Å². The fraction of sp³-hybridized carbons (Fsp3) is 0.190. The third-order valence-electron chi connectivity index (χ3n) is 3.78. The summed E-state index contributed by atoms with van der Waals surface area (Å²) in [6.45, 7) is 8.12. The van der Waals surface area contributed by atoms with Crippen molar-refractivity contribution in [3.63, 3.8) is 0 Å². The Morgan fingerprint density at radius 1 is 1.31 bits per heavy atom. The van der Waals surface area contributed by atoms with Crippen molar-refractivity contribution < 1.29 is 4.42 Å². The number of rotatable bonds is 6. The molecule has 3 rings (SSSR count). The van der Waals surface area contributed by atoms with E-state index in [1.54, 1.807) is 18.0 Å². The van der Waals surface area contributed by atoms with E-state index >= 15 is 0 Å². The van der Waals surface area contributed by atoms with E-state index in [-0.39, 0.29) is 6.17 Å². The van der Waals surface area contributed by atoms with E-state index in [4.69, 9.17) is 9.41 Å². The van der Waals surface area contributed by atoms with Crippen LogP contribution in [0.1, 0.15) is 19.6 Å². The summed E-state index contributed by atoms with van der Waals surface area (Å²) < 4.78 is 5.40. The van der Waals surface area contributed by atoms with Crippen LogP contribution in [0, 0.1) is 0 Å². The molecule has 4 nitrogen and oxygen atoms in total. The van der Waals surface area contributed by atoms with Gasteiger partial charge in [-0.05, 0) is 55.8 Å². The van der Waals surface area contributed by atoms with Crippen molar-refractivity contribution in [3.8, 4) is 0 Å². The number of furan rings is 1. The fourth-order valence-electron chi connectivity index (χ4n) is 2.62. The highest BCUT2D eigenvalue weighted by atomic mass is 32.2. The molecular formula is C21H23N3OS. The Kier molecular flexibility index (Phi) is 6.02. The molecule has 1 atom stereocenters. The monoisotopic (exact) mass is 365 g/mol. The summed E-state index contributed by atoms with van der Waals surface area (Å²) in [6, 6.07) is 14.2. The first-order chi connectivity index (χ1) is 12.6. The van der Waals surface area contributed by atoms with Gasteiger partial charge in [0.25, 0.3) is 0 Å². The van der Waals surface area contributed by atoms with E-state index < -0.39 is 0 Å². The van der Waals surface area contributed by atoms with E-state index in [0.717, 1.165) is 34.3 Å². The minimum absolute atomic E-state index is 0.0238. The van der Waals surface area contributed by atoms with Crippen LogP contribution in [0.3, 0.4) is 0 Å². The highest BCUT2D eigenvalue weighted by Gasteiger charge is 2.14. The molecule has 1 unspecified atom stereocenters. The summed E-state index contributed by atoms with van der Waals surface area (Å²) in [7, 11) is 0. The van der Waals surface area contributed by atoms with Gasteiger partial charge in [0.15, 0.2) is 0 Å². The summed E-state index contributed by atoms with van der Waals surface area (Å²) in [4.78, 5) is 5.98. The second-order valence-corrected chi connectivity index (χ2v) is 7.17. The summed E-state index contributed by atoms with van der Waals surface area (Å²) in [6.07, 6.45) is 5.64. The van der Waals surface area contributed by atoms with E-state index in [1.165, 1.54) is 4.90 Å². The van der Waals surface area contributed by atoms with Crippen LogP contribution >= 0.6 is 11.8 Å². The molecule has 0 aliphatic carbocycles. The van der Waals surface area contributed by atoms with Gasteiger partial charge in [0.05, 0.1) is 6.26 Å². The molecule has 1 aliphatic heterocycles. The Labute approximate surface area is 158 Å². The molecule has 0 saturated heterocycles. The van der Waals surface area contributed by atoms with Crippen molar-refractivity contribution in [3.05, 3.63) is 84.6 Å². The molecule has 0 saturated carbocycles. The lowest BCUT2D eigenvalue weighted by molar-refractivity contribution is 0.552. The van der Waals surface area contributed by atoms with Gasteiger partial charge in [-0.25, -0.2) is 4.99 Å². The number of hydrogen-bond donors (Lipinski definition) is 2. The number of amidine groups is 1. The normalized spacial score (nSPS) is 17.2. The molecule has 2 heterocycles. The largest absolute Gasteiger partial charge is 0.465 e. The molecule has 0 radical (unpaired) electrons. The molecule has 1 aromatic carbocycles.